The van der Waals surface area contributed by atoms with E-state index in [-0.39, 0.29) is 11.0 Å². The molecule has 82 valence electrons. The molecule has 16 heavy (non-hydrogen) atoms. The third-order valence-electron chi connectivity index (χ3n) is 2.34. The summed E-state index contributed by atoms with van der Waals surface area (Å²) in [5.41, 5.74) is 1.01. The number of esters is 1. The van der Waals surface area contributed by atoms with Crippen molar-refractivity contribution in [2.45, 2.75) is 6.92 Å². The average molecular weight is 218 g/mol. The topological polar surface area (TPSA) is 56.5 Å². The van der Waals surface area contributed by atoms with Crippen molar-refractivity contribution in [3.05, 3.63) is 45.8 Å². The summed E-state index contributed by atoms with van der Waals surface area (Å²) in [5.74, 6) is -0.684. The van der Waals surface area contributed by atoms with Crippen LogP contribution in [-0.4, -0.2) is 13.1 Å². The van der Waals surface area contributed by atoms with Crippen molar-refractivity contribution in [3.8, 4) is 0 Å². The monoisotopic (exact) mass is 218 g/mol. The standard InChI is InChI=1S/C12H10O4/c1-7-3-4-8-10(5-7)16-6-9(11(8)13)12(14)15-2/h3-6H,1-2H3. The third-order valence-corrected chi connectivity index (χ3v) is 2.34. The second-order valence-corrected chi connectivity index (χ2v) is 3.47. The molecule has 0 saturated carbocycles. The Morgan fingerprint density at radius 1 is 1.38 bits per heavy atom. The predicted octanol–water partition coefficient (Wildman–Crippen LogP) is 1.89. The number of carbonyl (C=O) groups excluding carboxylic acids is 1. The van der Waals surface area contributed by atoms with E-state index in [1.165, 1.54) is 7.11 Å². The van der Waals surface area contributed by atoms with Gasteiger partial charge in [0.2, 0.25) is 5.43 Å². The quantitative estimate of drug-likeness (QED) is 0.686. The molecule has 1 aromatic heterocycles. The fourth-order valence-electron chi connectivity index (χ4n) is 1.49. The molecule has 4 heteroatoms. The summed E-state index contributed by atoms with van der Waals surface area (Å²) in [6.07, 6.45) is 1.13. The Morgan fingerprint density at radius 2 is 2.12 bits per heavy atom. The third kappa shape index (κ3) is 1.58. The Balaban J connectivity index is 2.76. The maximum atomic E-state index is 11.9. The normalized spacial score (nSPS) is 10.4. The molecule has 0 radical (unpaired) electrons. The molecule has 2 rings (SSSR count). The number of rotatable bonds is 1. The molecule has 0 fully saturated rings. The summed E-state index contributed by atoms with van der Waals surface area (Å²) in [6.45, 7) is 1.90. The van der Waals surface area contributed by atoms with E-state index in [4.69, 9.17) is 4.42 Å². The van der Waals surface area contributed by atoms with Crippen molar-refractivity contribution in [1.82, 2.24) is 0 Å². The maximum absolute atomic E-state index is 11.9. The molecule has 0 unspecified atom stereocenters. The lowest BCUT2D eigenvalue weighted by molar-refractivity contribution is 0.0597. The van der Waals surface area contributed by atoms with Crippen LogP contribution < -0.4 is 5.43 Å². The highest BCUT2D eigenvalue weighted by Gasteiger charge is 2.14. The zero-order valence-electron chi connectivity index (χ0n) is 8.94. The Bertz CT molecular complexity index is 610. The molecule has 1 heterocycles. The van der Waals surface area contributed by atoms with Gasteiger partial charge in [0, 0.05) is 0 Å². The molecule has 0 amide bonds. The van der Waals surface area contributed by atoms with Crippen LogP contribution in [0.5, 0.6) is 0 Å². The molecule has 0 spiro atoms. The molecule has 0 bridgehead atoms. The minimum atomic E-state index is -0.684. The fourth-order valence-corrected chi connectivity index (χ4v) is 1.49. The van der Waals surface area contributed by atoms with Crippen LogP contribution in [0.15, 0.2) is 33.7 Å². The van der Waals surface area contributed by atoms with Crippen LogP contribution in [0.4, 0.5) is 0 Å². The van der Waals surface area contributed by atoms with Gasteiger partial charge in [-0.15, -0.1) is 0 Å². The first-order chi connectivity index (χ1) is 7.63. The highest BCUT2D eigenvalue weighted by atomic mass is 16.5. The Hall–Kier alpha value is -2.10. The van der Waals surface area contributed by atoms with Crippen molar-refractivity contribution < 1.29 is 13.9 Å². The molecule has 0 N–H and O–H groups in total. The highest BCUT2D eigenvalue weighted by Crippen LogP contribution is 2.13. The first kappa shape index (κ1) is 10.4. The lowest BCUT2D eigenvalue weighted by Gasteiger charge is -2.01. The Labute approximate surface area is 91.4 Å². The number of aryl methyl sites for hydroxylation is 1. The van der Waals surface area contributed by atoms with E-state index < -0.39 is 5.97 Å². The van der Waals surface area contributed by atoms with Crippen LogP contribution in [-0.2, 0) is 4.74 Å². The Morgan fingerprint density at radius 3 is 2.81 bits per heavy atom. The van der Waals surface area contributed by atoms with Crippen LogP contribution in [0.1, 0.15) is 15.9 Å². The summed E-state index contributed by atoms with van der Waals surface area (Å²) in [6, 6.07) is 5.18. The van der Waals surface area contributed by atoms with Crippen molar-refractivity contribution in [1.29, 1.82) is 0 Å². The number of methoxy groups -OCH3 is 1. The van der Waals surface area contributed by atoms with Crippen LogP contribution in [0.25, 0.3) is 11.0 Å². The average Bonchev–Trinajstić information content (AvgIpc) is 2.28. The lowest BCUT2D eigenvalue weighted by Crippen LogP contribution is -2.15. The molecule has 0 aliphatic carbocycles. The predicted molar refractivity (Wildman–Crippen MR) is 58.6 cm³/mol. The van der Waals surface area contributed by atoms with Gasteiger partial charge in [0.1, 0.15) is 17.4 Å². The van der Waals surface area contributed by atoms with Gasteiger partial charge < -0.3 is 9.15 Å². The van der Waals surface area contributed by atoms with Gasteiger partial charge in [-0.3, -0.25) is 4.79 Å². The SMILES string of the molecule is COC(=O)c1coc2cc(C)ccc2c1=O. The van der Waals surface area contributed by atoms with Crippen LogP contribution in [0.2, 0.25) is 0 Å². The molecule has 0 aliphatic rings. The smallest absolute Gasteiger partial charge is 0.345 e. The first-order valence-electron chi connectivity index (χ1n) is 4.74. The van der Waals surface area contributed by atoms with Gasteiger partial charge in [0.05, 0.1) is 12.5 Å². The largest absolute Gasteiger partial charge is 0.465 e. The summed E-state index contributed by atoms with van der Waals surface area (Å²) >= 11 is 0. The number of fused-ring (bicyclic) bond motifs is 1. The zero-order valence-corrected chi connectivity index (χ0v) is 8.94. The zero-order chi connectivity index (χ0) is 11.7. The molecule has 0 aliphatic heterocycles. The number of ether oxygens (including phenoxy) is 1. The minimum Gasteiger partial charge on any atom is -0.465 e. The van der Waals surface area contributed by atoms with E-state index in [0.29, 0.717) is 11.0 Å². The number of carbonyl (C=O) groups is 1. The van der Waals surface area contributed by atoms with Gasteiger partial charge in [-0.2, -0.15) is 0 Å². The summed E-state index contributed by atoms with van der Waals surface area (Å²) in [7, 11) is 1.22. The van der Waals surface area contributed by atoms with E-state index in [1.807, 2.05) is 6.92 Å². The highest BCUT2D eigenvalue weighted by molar-refractivity contribution is 5.92. The number of hydrogen-bond acceptors (Lipinski definition) is 4. The second-order valence-electron chi connectivity index (χ2n) is 3.47. The molecule has 2 aromatic rings. The summed E-state index contributed by atoms with van der Waals surface area (Å²) in [5, 5.41) is 0.383. The van der Waals surface area contributed by atoms with Crippen LogP contribution >= 0.6 is 0 Å². The van der Waals surface area contributed by atoms with Crippen molar-refractivity contribution in [3.63, 3.8) is 0 Å². The molecule has 4 nitrogen and oxygen atoms in total. The Kier molecular flexibility index (Phi) is 2.48. The van der Waals surface area contributed by atoms with E-state index in [0.717, 1.165) is 11.8 Å². The molecule has 0 atom stereocenters. The van der Waals surface area contributed by atoms with Crippen LogP contribution in [0, 0.1) is 6.92 Å². The van der Waals surface area contributed by atoms with Gasteiger partial charge in [-0.1, -0.05) is 6.07 Å². The van der Waals surface area contributed by atoms with Gasteiger partial charge >= 0.3 is 5.97 Å². The van der Waals surface area contributed by atoms with E-state index in [1.54, 1.807) is 18.2 Å². The van der Waals surface area contributed by atoms with Crippen LogP contribution in [0.3, 0.4) is 0 Å². The van der Waals surface area contributed by atoms with Gasteiger partial charge in [0.15, 0.2) is 0 Å². The van der Waals surface area contributed by atoms with Crippen molar-refractivity contribution >= 4 is 16.9 Å². The van der Waals surface area contributed by atoms with E-state index in [9.17, 15) is 9.59 Å². The van der Waals surface area contributed by atoms with Gasteiger partial charge in [-0.25, -0.2) is 4.79 Å². The summed E-state index contributed by atoms with van der Waals surface area (Å²) < 4.78 is 9.72. The number of hydrogen-bond donors (Lipinski definition) is 0. The lowest BCUT2D eigenvalue weighted by atomic mass is 10.1. The molecular formula is C12H10O4. The van der Waals surface area contributed by atoms with E-state index in [2.05, 4.69) is 4.74 Å². The minimum absolute atomic E-state index is 0.0844. The van der Waals surface area contributed by atoms with Gasteiger partial charge in [0.25, 0.3) is 0 Å². The maximum Gasteiger partial charge on any atom is 0.345 e. The number of benzene rings is 1. The first-order valence-corrected chi connectivity index (χ1v) is 4.74. The molecular weight excluding hydrogens is 208 g/mol. The molecule has 0 saturated heterocycles. The second kappa shape index (κ2) is 3.81. The van der Waals surface area contributed by atoms with Crippen molar-refractivity contribution in [2.24, 2.45) is 0 Å². The van der Waals surface area contributed by atoms with Crippen molar-refractivity contribution in [2.75, 3.05) is 7.11 Å². The summed E-state index contributed by atoms with van der Waals surface area (Å²) in [4.78, 5) is 23.1. The molecule has 1 aromatic carbocycles. The van der Waals surface area contributed by atoms with Gasteiger partial charge in [-0.05, 0) is 24.6 Å². The van der Waals surface area contributed by atoms with E-state index >= 15 is 0 Å². The fraction of sp³-hybridized carbons (Fsp3) is 0.167.